The minimum atomic E-state index is -4.42. The fourth-order valence-corrected chi connectivity index (χ4v) is 3.98. The number of alkyl halides is 3. The second kappa shape index (κ2) is 9.97. The summed E-state index contributed by atoms with van der Waals surface area (Å²) in [5.74, 6) is 0. The molecule has 2 aromatic rings. The lowest BCUT2D eigenvalue weighted by Gasteiger charge is -2.28. The van der Waals surface area contributed by atoms with Crippen molar-refractivity contribution in [1.29, 1.82) is 0 Å². The topological polar surface area (TPSA) is 3.24 Å². The Bertz CT molecular complexity index is 752. The van der Waals surface area contributed by atoms with Crippen molar-refractivity contribution in [3.05, 3.63) is 50.9 Å². The summed E-state index contributed by atoms with van der Waals surface area (Å²) >= 11 is 6.87. The van der Waals surface area contributed by atoms with Crippen LogP contribution in [0, 0.1) is 0 Å². The maximum atomic E-state index is 13.9. The van der Waals surface area contributed by atoms with E-state index in [2.05, 4.69) is 50.6 Å². The number of nitrogens with zero attached hydrogens (tertiary/aromatic N) is 1. The standard InChI is InChI=1S/C21H24Br2F3N/c1-3-5-10-27(11-6-4-2)20-14-18(21(24,25)26)17(13-19(20)23)15-8-7-9-16(22)12-15/h7-9,12-14H,3-6,10-11H2,1-2H3. The lowest BCUT2D eigenvalue weighted by molar-refractivity contribution is -0.137. The summed E-state index contributed by atoms with van der Waals surface area (Å²) in [5.41, 5.74) is 0.739. The third-order valence-corrected chi connectivity index (χ3v) is 5.56. The summed E-state index contributed by atoms with van der Waals surface area (Å²) in [4.78, 5) is 2.07. The van der Waals surface area contributed by atoms with Crippen LogP contribution in [0.3, 0.4) is 0 Å². The van der Waals surface area contributed by atoms with Gasteiger partial charge in [0.05, 0.1) is 11.3 Å². The van der Waals surface area contributed by atoms with Crippen molar-refractivity contribution in [2.45, 2.75) is 45.7 Å². The molecule has 27 heavy (non-hydrogen) atoms. The molecule has 0 spiro atoms. The Hall–Kier alpha value is -1.01. The highest BCUT2D eigenvalue weighted by molar-refractivity contribution is 9.10. The van der Waals surface area contributed by atoms with E-state index in [0.29, 0.717) is 15.7 Å². The molecule has 6 heteroatoms. The number of benzene rings is 2. The molecule has 148 valence electrons. The summed E-state index contributed by atoms with van der Waals surface area (Å²) < 4.78 is 43.0. The van der Waals surface area contributed by atoms with E-state index in [1.54, 1.807) is 30.3 Å². The van der Waals surface area contributed by atoms with Crippen molar-refractivity contribution in [2.75, 3.05) is 18.0 Å². The third kappa shape index (κ3) is 5.98. The fraction of sp³-hybridized carbons (Fsp3) is 0.429. The number of rotatable bonds is 8. The van der Waals surface area contributed by atoms with Gasteiger partial charge in [-0.15, -0.1) is 0 Å². The molecule has 0 atom stereocenters. The van der Waals surface area contributed by atoms with Crippen LogP contribution in [0.25, 0.3) is 11.1 Å². The van der Waals surface area contributed by atoms with E-state index >= 15 is 0 Å². The molecule has 0 saturated carbocycles. The summed E-state index contributed by atoms with van der Waals surface area (Å²) in [6.45, 7) is 5.68. The van der Waals surface area contributed by atoms with Gasteiger partial charge >= 0.3 is 6.18 Å². The lowest BCUT2D eigenvalue weighted by Crippen LogP contribution is -2.26. The second-order valence-electron chi connectivity index (χ2n) is 6.55. The van der Waals surface area contributed by atoms with Gasteiger partial charge in [-0.2, -0.15) is 13.2 Å². The minimum Gasteiger partial charge on any atom is -0.371 e. The molecule has 0 amide bonds. The van der Waals surface area contributed by atoms with E-state index in [0.717, 1.165) is 43.2 Å². The van der Waals surface area contributed by atoms with Gasteiger partial charge in [-0.1, -0.05) is 54.8 Å². The molecule has 0 heterocycles. The first-order chi connectivity index (χ1) is 12.8. The van der Waals surface area contributed by atoms with Gasteiger partial charge in [0, 0.05) is 22.0 Å². The lowest BCUT2D eigenvalue weighted by atomic mass is 9.98. The molecular weight excluding hydrogens is 483 g/mol. The van der Waals surface area contributed by atoms with Gasteiger partial charge in [-0.3, -0.25) is 0 Å². The molecule has 1 nitrogen and oxygen atoms in total. The predicted molar refractivity (Wildman–Crippen MR) is 114 cm³/mol. The van der Waals surface area contributed by atoms with E-state index in [9.17, 15) is 13.2 Å². The van der Waals surface area contributed by atoms with Crippen LogP contribution in [0.4, 0.5) is 18.9 Å². The van der Waals surface area contributed by atoms with Gasteiger partial charge in [0.25, 0.3) is 0 Å². The number of halogens is 5. The molecule has 0 aliphatic carbocycles. The van der Waals surface area contributed by atoms with E-state index in [1.165, 1.54) is 6.07 Å². The maximum Gasteiger partial charge on any atom is 0.417 e. The number of unbranched alkanes of at least 4 members (excludes halogenated alkanes) is 2. The summed E-state index contributed by atoms with van der Waals surface area (Å²) in [7, 11) is 0. The number of hydrogen-bond donors (Lipinski definition) is 0. The highest BCUT2D eigenvalue weighted by Gasteiger charge is 2.35. The molecule has 0 unspecified atom stereocenters. The highest BCUT2D eigenvalue weighted by Crippen LogP contribution is 2.43. The highest BCUT2D eigenvalue weighted by atomic mass is 79.9. The Morgan fingerprint density at radius 1 is 0.926 bits per heavy atom. The third-order valence-electron chi connectivity index (χ3n) is 4.43. The molecule has 0 radical (unpaired) electrons. The van der Waals surface area contributed by atoms with Crippen LogP contribution in [0.5, 0.6) is 0 Å². The Balaban J connectivity index is 2.57. The molecule has 0 fully saturated rings. The van der Waals surface area contributed by atoms with Crippen molar-refractivity contribution < 1.29 is 13.2 Å². The molecule has 0 aliphatic rings. The van der Waals surface area contributed by atoms with Crippen molar-refractivity contribution in [3.8, 4) is 11.1 Å². The van der Waals surface area contributed by atoms with Crippen molar-refractivity contribution in [2.24, 2.45) is 0 Å². The van der Waals surface area contributed by atoms with Gasteiger partial charge < -0.3 is 4.90 Å². The first kappa shape index (κ1) is 22.3. The van der Waals surface area contributed by atoms with Crippen LogP contribution >= 0.6 is 31.9 Å². The molecular formula is C21H24Br2F3N. The molecule has 0 N–H and O–H groups in total. The Labute approximate surface area is 176 Å². The van der Waals surface area contributed by atoms with Gasteiger partial charge in [-0.25, -0.2) is 0 Å². The second-order valence-corrected chi connectivity index (χ2v) is 8.32. The zero-order valence-electron chi connectivity index (χ0n) is 15.5. The van der Waals surface area contributed by atoms with Gasteiger partial charge in [0.1, 0.15) is 0 Å². The van der Waals surface area contributed by atoms with Crippen molar-refractivity contribution >= 4 is 37.5 Å². The zero-order chi connectivity index (χ0) is 20.0. The van der Waals surface area contributed by atoms with Gasteiger partial charge in [-0.05, 0) is 64.2 Å². The SMILES string of the molecule is CCCCN(CCCC)c1cc(C(F)(F)F)c(-c2cccc(Br)c2)cc1Br. The van der Waals surface area contributed by atoms with Crippen LogP contribution in [0.15, 0.2) is 45.3 Å². The molecule has 0 aromatic heterocycles. The predicted octanol–water partition coefficient (Wildman–Crippen LogP) is 8.30. The molecule has 0 aliphatic heterocycles. The van der Waals surface area contributed by atoms with E-state index < -0.39 is 11.7 Å². The summed E-state index contributed by atoms with van der Waals surface area (Å²) in [6, 6.07) is 9.86. The molecule has 0 saturated heterocycles. The monoisotopic (exact) mass is 505 g/mol. The Morgan fingerprint density at radius 3 is 2.07 bits per heavy atom. The molecule has 2 rings (SSSR count). The number of anilines is 1. The molecule has 2 aromatic carbocycles. The summed E-state index contributed by atoms with van der Waals surface area (Å²) in [5, 5.41) is 0. The van der Waals surface area contributed by atoms with Crippen LogP contribution in [0.2, 0.25) is 0 Å². The average Bonchev–Trinajstić information content (AvgIpc) is 2.61. The minimum absolute atomic E-state index is 0.186. The molecule has 0 bridgehead atoms. The first-order valence-corrected chi connectivity index (χ1v) is 10.8. The fourth-order valence-electron chi connectivity index (χ4n) is 2.98. The average molecular weight is 507 g/mol. The first-order valence-electron chi connectivity index (χ1n) is 9.19. The zero-order valence-corrected chi connectivity index (χ0v) is 18.7. The van der Waals surface area contributed by atoms with Gasteiger partial charge in [0.2, 0.25) is 0 Å². The normalized spacial score (nSPS) is 11.7. The van der Waals surface area contributed by atoms with E-state index in [-0.39, 0.29) is 5.56 Å². The van der Waals surface area contributed by atoms with Crippen molar-refractivity contribution in [1.82, 2.24) is 0 Å². The van der Waals surface area contributed by atoms with Crippen LogP contribution in [0.1, 0.15) is 45.1 Å². The van der Waals surface area contributed by atoms with E-state index in [4.69, 9.17) is 0 Å². The Kier molecular flexibility index (Phi) is 8.22. The largest absolute Gasteiger partial charge is 0.417 e. The quantitative estimate of drug-likeness (QED) is 0.348. The van der Waals surface area contributed by atoms with Crippen LogP contribution in [-0.2, 0) is 6.18 Å². The van der Waals surface area contributed by atoms with Gasteiger partial charge in [0.15, 0.2) is 0 Å². The smallest absolute Gasteiger partial charge is 0.371 e. The van der Waals surface area contributed by atoms with Crippen LogP contribution in [-0.4, -0.2) is 13.1 Å². The van der Waals surface area contributed by atoms with Crippen LogP contribution < -0.4 is 4.90 Å². The maximum absolute atomic E-state index is 13.9. The number of hydrogen-bond acceptors (Lipinski definition) is 1. The summed E-state index contributed by atoms with van der Waals surface area (Å²) in [6.07, 6.45) is -0.519. The van der Waals surface area contributed by atoms with Crippen molar-refractivity contribution in [3.63, 3.8) is 0 Å². The van der Waals surface area contributed by atoms with E-state index in [1.807, 2.05) is 0 Å². The Morgan fingerprint density at radius 2 is 1.56 bits per heavy atom.